The Bertz CT molecular complexity index is 1220. The molecule has 4 aromatic carbocycles. The van der Waals surface area contributed by atoms with E-state index in [4.69, 9.17) is 0 Å². The van der Waals surface area contributed by atoms with Gasteiger partial charge < -0.3 is 0 Å². The quantitative estimate of drug-likeness (QED) is 0.220. The Balaban J connectivity index is 1.85. The molecule has 0 bridgehead atoms. The first-order valence-corrected chi connectivity index (χ1v) is 9.36. The van der Waals surface area contributed by atoms with Crippen LogP contribution in [0.5, 0.6) is 0 Å². The number of nitrogens with one attached hydrogen (secondary N) is 1. The highest BCUT2D eigenvalue weighted by atomic mass is 16.3. The number of fused-ring (bicyclic) bond motifs is 1. The molecular formula is C24H20N4O. The molecule has 5 heteroatoms. The largest absolute Gasteiger partial charge is 0.242 e. The highest BCUT2D eigenvalue weighted by Crippen LogP contribution is 2.40. The van der Waals surface area contributed by atoms with Crippen molar-refractivity contribution in [1.29, 1.82) is 0 Å². The summed E-state index contributed by atoms with van der Waals surface area (Å²) in [4.78, 5) is 10.9. The van der Waals surface area contributed by atoms with E-state index in [1.54, 1.807) is 0 Å². The van der Waals surface area contributed by atoms with Crippen molar-refractivity contribution in [1.82, 2.24) is 0 Å². The molecule has 0 heterocycles. The third-order valence-corrected chi connectivity index (χ3v) is 5.15. The number of azo groups is 1. The maximum atomic E-state index is 10.9. The van der Waals surface area contributed by atoms with E-state index in [0.717, 1.165) is 44.4 Å². The fourth-order valence-corrected chi connectivity index (χ4v) is 3.50. The second-order valence-electron chi connectivity index (χ2n) is 6.83. The lowest BCUT2D eigenvalue weighted by molar-refractivity contribution is 1.19. The van der Waals surface area contributed by atoms with E-state index in [9.17, 15) is 4.91 Å². The Morgan fingerprint density at radius 3 is 2.28 bits per heavy atom. The second-order valence-corrected chi connectivity index (χ2v) is 6.83. The van der Waals surface area contributed by atoms with Crippen molar-refractivity contribution < 1.29 is 0 Å². The predicted octanol–water partition coefficient (Wildman–Crippen LogP) is 7.63. The minimum absolute atomic E-state index is 0.680. The molecule has 0 radical (unpaired) electrons. The minimum atomic E-state index is 0.680. The van der Waals surface area contributed by atoms with Crippen molar-refractivity contribution in [3.63, 3.8) is 0 Å². The van der Waals surface area contributed by atoms with Gasteiger partial charge in [0.1, 0.15) is 0 Å². The summed E-state index contributed by atoms with van der Waals surface area (Å²) in [6.07, 6.45) is 0. The first kappa shape index (κ1) is 18.5. The van der Waals surface area contributed by atoms with Gasteiger partial charge in [-0.15, -0.1) is 4.91 Å². The summed E-state index contributed by atoms with van der Waals surface area (Å²) in [5.41, 5.74) is 9.02. The highest BCUT2D eigenvalue weighted by molar-refractivity contribution is 6.03. The molecule has 4 rings (SSSR count). The van der Waals surface area contributed by atoms with Crippen molar-refractivity contribution in [2.75, 3.05) is 5.43 Å². The van der Waals surface area contributed by atoms with Gasteiger partial charge in [-0.05, 0) is 65.6 Å². The molecule has 0 unspecified atom stereocenters. The van der Waals surface area contributed by atoms with Gasteiger partial charge in [-0.1, -0.05) is 54.6 Å². The molecule has 0 fully saturated rings. The Morgan fingerprint density at radius 2 is 1.48 bits per heavy atom. The molecule has 0 atom stereocenters. The van der Waals surface area contributed by atoms with E-state index in [1.807, 2.05) is 73.7 Å². The van der Waals surface area contributed by atoms with Crippen molar-refractivity contribution in [3.05, 3.63) is 94.9 Å². The predicted molar refractivity (Wildman–Crippen MR) is 119 cm³/mol. The molecule has 4 aromatic rings. The summed E-state index contributed by atoms with van der Waals surface area (Å²) in [6.45, 7) is 4.10. The molecule has 0 aliphatic carbocycles. The van der Waals surface area contributed by atoms with Crippen LogP contribution in [-0.4, -0.2) is 0 Å². The van der Waals surface area contributed by atoms with Gasteiger partial charge in [-0.3, -0.25) is 0 Å². The van der Waals surface area contributed by atoms with E-state index in [1.165, 1.54) is 0 Å². The van der Waals surface area contributed by atoms with Crippen LogP contribution >= 0.6 is 0 Å². The normalized spacial score (nSPS) is 11.1. The highest BCUT2D eigenvalue weighted by Gasteiger charge is 2.15. The van der Waals surface area contributed by atoms with Gasteiger partial charge in [0.25, 0.3) is 0 Å². The summed E-state index contributed by atoms with van der Waals surface area (Å²) < 4.78 is 0. The standard InChI is InChI=1S/C24H20N4O/c1-16-17(2)22(26-25-19-9-4-3-5-10-19)15-13-20(16)24-21-11-7-6-8-18(21)12-14-23(24)27-28-29/h3-15H,1-2H3,(H,27,29). The average molecular weight is 380 g/mol. The number of hydrogen-bond acceptors (Lipinski definition) is 4. The molecule has 29 heavy (non-hydrogen) atoms. The lowest BCUT2D eigenvalue weighted by Crippen LogP contribution is -1.95. The fraction of sp³-hybridized carbons (Fsp3) is 0.0833. The van der Waals surface area contributed by atoms with Crippen LogP contribution in [0.3, 0.4) is 0 Å². The lowest BCUT2D eigenvalue weighted by atomic mass is 9.91. The van der Waals surface area contributed by atoms with Gasteiger partial charge >= 0.3 is 0 Å². The number of nitroso groups, excluding NO2 is 1. The maximum absolute atomic E-state index is 10.9. The van der Waals surface area contributed by atoms with Crippen LogP contribution in [0.4, 0.5) is 17.1 Å². The van der Waals surface area contributed by atoms with Crippen LogP contribution in [0.1, 0.15) is 11.1 Å². The Kier molecular flexibility index (Phi) is 5.12. The van der Waals surface area contributed by atoms with E-state index in [0.29, 0.717) is 5.69 Å². The fourth-order valence-electron chi connectivity index (χ4n) is 3.50. The summed E-state index contributed by atoms with van der Waals surface area (Å²) in [7, 11) is 0. The summed E-state index contributed by atoms with van der Waals surface area (Å²) >= 11 is 0. The van der Waals surface area contributed by atoms with Crippen LogP contribution in [0.2, 0.25) is 0 Å². The van der Waals surface area contributed by atoms with Crippen molar-refractivity contribution in [2.45, 2.75) is 13.8 Å². The van der Waals surface area contributed by atoms with Crippen molar-refractivity contribution in [3.8, 4) is 11.1 Å². The van der Waals surface area contributed by atoms with Crippen molar-refractivity contribution in [2.24, 2.45) is 15.5 Å². The molecular weight excluding hydrogens is 360 g/mol. The van der Waals surface area contributed by atoms with Crippen LogP contribution in [0, 0.1) is 18.8 Å². The number of rotatable bonds is 5. The molecule has 0 aliphatic rings. The third-order valence-electron chi connectivity index (χ3n) is 5.15. The minimum Gasteiger partial charge on any atom is -0.242 e. The molecule has 142 valence electrons. The zero-order chi connectivity index (χ0) is 20.2. The summed E-state index contributed by atoms with van der Waals surface area (Å²) in [5.74, 6) is 0. The van der Waals surface area contributed by atoms with Crippen molar-refractivity contribution >= 4 is 27.8 Å². The van der Waals surface area contributed by atoms with Crippen LogP contribution in [0.15, 0.2) is 94.4 Å². The Hall–Kier alpha value is -3.86. The topological polar surface area (TPSA) is 66.2 Å². The number of hydrogen-bond donors (Lipinski definition) is 1. The number of anilines is 1. The number of nitrogens with zero attached hydrogens (tertiary/aromatic N) is 3. The zero-order valence-electron chi connectivity index (χ0n) is 16.3. The first-order valence-electron chi connectivity index (χ1n) is 9.36. The van der Waals surface area contributed by atoms with Gasteiger partial charge in [0, 0.05) is 5.56 Å². The maximum Gasteiger partial charge on any atom is 0.0889 e. The van der Waals surface area contributed by atoms with Gasteiger partial charge in [-0.2, -0.15) is 10.2 Å². The summed E-state index contributed by atoms with van der Waals surface area (Å²) in [6, 6.07) is 25.6. The smallest absolute Gasteiger partial charge is 0.0889 e. The van der Waals surface area contributed by atoms with E-state index in [-0.39, 0.29) is 0 Å². The van der Waals surface area contributed by atoms with Gasteiger partial charge in [0.15, 0.2) is 0 Å². The van der Waals surface area contributed by atoms with Gasteiger partial charge in [0.2, 0.25) is 0 Å². The van der Waals surface area contributed by atoms with E-state index >= 15 is 0 Å². The van der Waals surface area contributed by atoms with Gasteiger partial charge in [0.05, 0.1) is 22.3 Å². The SMILES string of the molecule is Cc1c(N=Nc2ccccc2)ccc(-c2c(NN=O)ccc3ccccc23)c1C. The molecule has 0 spiro atoms. The first-order chi connectivity index (χ1) is 14.2. The average Bonchev–Trinajstić information content (AvgIpc) is 2.76. The molecule has 0 saturated carbocycles. The Morgan fingerprint density at radius 1 is 0.724 bits per heavy atom. The van der Waals surface area contributed by atoms with Gasteiger partial charge in [-0.25, -0.2) is 5.43 Å². The molecule has 0 amide bonds. The van der Waals surface area contributed by atoms with E-state index in [2.05, 4.69) is 40.0 Å². The van der Waals surface area contributed by atoms with Crippen LogP contribution in [0.25, 0.3) is 21.9 Å². The lowest BCUT2D eigenvalue weighted by Gasteiger charge is -2.16. The molecule has 0 saturated heterocycles. The second kappa shape index (κ2) is 8.02. The summed E-state index contributed by atoms with van der Waals surface area (Å²) in [5, 5.41) is 13.8. The molecule has 0 aliphatic heterocycles. The van der Waals surface area contributed by atoms with Crippen LogP contribution in [-0.2, 0) is 0 Å². The molecule has 5 nitrogen and oxygen atoms in total. The van der Waals surface area contributed by atoms with E-state index < -0.39 is 0 Å². The monoisotopic (exact) mass is 380 g/mol. The molecule has 1 N–H and O–H groups in total. The molecule has 0 aromatic heterocycles. The Labute approximate surface area is 169 Å². The number of benzene rings is 4. The third kappa shape index (κ3) is 3.62. The zero-order valence-corrected chi connectivity index (χ0v) is 16.3. The van der Waals surface area contributed by atoms with Crippen LogP contribution < -0.4 is 5.43 Å².